The Morgan fingerprint density at radius 1 is 1.17 bits per heavy atom. The van der Waals surface area contributed by atoms with E-state index in [4.69, 9.17) is 4.74 Å². The average molecular weight is 252 g/mol. The number of hydrogen-bond acceptors (Lipinski definition) is 3. The number of ether oxygens (including phenoxy) is 1. The highest BCUT2D eigenvalue weighted by atomic mass is 16.5. The predicted octanol–water partition coefficient (Wildman–Crippen LogP) is 2.02. The molecule has 1 N–H and O–H groups in total. The Morgan fingerprint density at radius 3 is 2.78 bits per heavy atom. The summed E-state index contributed by atoms with van der Waals surface area (Å²) >= 11 is 0. The molecule has 0 bridgehead atoms. The lowest BCUT2D eigenvalue weighted by molar-refractivity contribution is 0.0219. The van der Waals surface area contributed by atoms with E-state index in [1.807, 2.05) is 0 Å². The van der Waals surface area contributed by atoms with Gasteiger partial charge < -0.3 is 15.0 Å². The van der Waals surface area contributed by atoms with Gasteiger partial charge in [-0.15, -0.1) is 0 Å². The largest absolute Gasteiger partial charge is 0.374 e. The number of nitrogens with zero attached hydrogens (tertiary/aromatic N) is 1. The number of piperidine rings is 1. The smallest absolute Gasteiger partial charge is 0.0706 e. The van der Waals surface area contributed by atoms with Crippen molar-refractivity contribution < 1.29 is 4.74 Å². The molecule has 2 saturated heterocycles. The Labute approximate surface area is 111 Å². The van der Waals surface area contributed by atoms with Gasteiger partial charge in [-0.05, 0) is 64.5 Å². The summed E-state index contributed by atoms with van der Waals surface area (Å²) in [5.74, 6) is 0.873. The first kappa shape index (κ1) is 12.9. The van der Waals surface area contributed by atoms with Gasteiger partial charge in [-0.25, -0.2) is 0 Å². The Kier molecular flexibility index (Phi) is 4.22. The Morgan fingerprint density at radius 2 is 2.06 bits per heavy atom. The molecule has 3 aliphatic rings. The van der Waals surface area contributed by atoms with Gasteiger partial charge in [-0.1, -0.05) is 0 Å². The molecular formula is C15H28N2O. The van der Waals surface area contributed by atoms with Crippen molar-refractivity contribution in [3.8, 4) is 0 Å². The normalized spacial score (nSPS) is 38.2. The van der Waals surface area contributed by atoms with Crippen LogP contribution in [0.25, 0.3) is 0 Å². The van der Waals surface area contributed by atoms with Gasteiger partial charge in [0.1, 0.15) is 0 Å². The van der Waals surface area contributed by atoms with Crippen LogP contribution in [0.1, 0.15) is 45.4 Å². The van der Waals surface area contributed by atoms with Crippen molar-refractivity contribution in [2.45, 2.75) is 63.7 Å². The number of nitrogens with one attached hydrogen (secondary N) is 1. The summed E-state index contributed by atoms with van der Waals surface area (Å²) < 4.78 is 5.95. The fourth-order valence-corrected chi connectivity index (χ4v) is 3.41. The van der Waals surface area contributed by atoms with Crippen LogP contribution in [-0.4, -0.2) is 49.3 Å². The summed E-state index contributed by atoms with van der Waals surface area (Å²) in [7, 11) is 0. The summed E-state index contributed by atoms with van der Waals surface area (Å²) in [6.45, 7) is 7.19. The van der Waals surface area contributed by atoms with Crippen molar-refractivity contribution in [2.75, 3.05) is 26.2 Å². The first-order chi connectivity index (χ1) is 8.79. The summed E-state index contributed by atoms with van der Waals surface area (Å²) in [4.78, 5) is 2.64. The predicted molar refractivity (Wildman–Crippen MR) is 73.8 cm³/mol. The standard InChI is InChI=1S/C15H28N2O/c1-12-4-7-15(18-12)11-17-8-2-3-13(10-17)9-16-14-5-6-14/h12-16H,2-11H2,1H3. The Balaban J connectivity index is 1.38. The topological polar surface area (TPSA) is 24.5 Å². The lowest BCUT2D eigenvalue weighted by Gasteiger charge is -2.34. The lowest BCUT2D eigenvalue weighted by atomic mass is 9.97. The fraction of sp³-hybridized carbons (Fsp3) is 1.00. The molecule has 2 heterocycles. The summed E-state index contributed by atoms with van der Waals surface area (Å²) in [6, 6.07) is 0.861. The molecule has 3 fully saturated rings. The van der Waals surface area contributed by atoms with Gasteiger partial charge in [-0.3, -0.25) is 0 Å². The van der Waals surface area contributed by atoms with Crippen molar-refractivity contribution in [1.29, 1.82) is 0 Å². The molecule has 3 atom stereocenters. The zero-order valence-corrected chi connectivity index (χ0v) is 11.7. The third-order valence-electron chi connectivity index (χ3n) is 4.66. The Hall–Kier alpha value is -0.120. The van der Waals surface area contributed by atoms with Crippen molar-refractivity contribution in [3.05, 3.63) is 0 Å². The molecule has 0 aromatic rings. The zero-order chi connectivity index (χ0) is 12.4. The molecule has 0 aromatic carbocycles. The van der Waals surface area contributed by atoms with E-state index in [2.05, 4.69) is 17.1 Å². The second-order valence-electron chi connectivity index (χ2n) is 6.60. The average Bonchev–Trinajstić information content (AvgIpc) is 3.11. The van der Waals surface area contributed by atoms with Gasteiger partial charge >= 0.3 is 0 Å². The highest BCUT2D eigenvalue weighted by molar-refractivity contribution is 4.84. The molecule has 1 aliphatic carbocycles. The minimum absolute atomic E-state index is 0.493. The maximum atomic E-state index is 5.95. The van der Waals surface area contributed by atoms with Gasteiger partial charge in [-0.2, -0.15) is 0 Å². The third-order valence-corrected chi connectivity index (χ3v) is 4.66. The van der Waals surface area contributed by atoms with Crippen LogP contribution in [0, 0.1) is 5.92 Å². The number of likely N-dealkylation sites (tertiary alicyclic amines) is 1. The van der Waals surface area contributed by atoms with Crippen LogP contribution in [-0.2, 0) is 4.74 Å². The van der Waals surface area contributed by atoms with E-state index < -0.39 is 0 Å². The zero-order valence-electron chi connectivity index (χ0n) is 11.7. The lowest BCUT2D eigenvalue weighted by Crippen LogP contribution is -2.43. The molecule has 3 unspecified atom stereocenters. The highest BCUT2D eigenvalue weighted by Crippen LogP contribution is 2.24. The number of rotatable bonds is 5. The van der Waals surface area contributed by atoms with Gasteiger partial charge in [0, 0.05) is 19.1 Å². The van der Waals surface area contributed by atoms with E-state index in [1.165, 1.54) is 64.7 Å². The number of hydrogen-bond donors (Lipinski definition) is 1. The monoisotopic (exact) mass is 252 g/mol. The molecule has 18 heavy (non-hydrogen) atoms. The fourth-order valence-electron chi connectivity index (χ4n) is 3.41. The van der Waals surface area contributed by atoms with Crippen LogP contribution >= 0.6 is 0 Å². The molecule has 0 amide bonds. The molecule has 0 spiro atoms. The van der Waals surface area contributed by atoms with Crippen LogP contribution in [0.4, 0.5) is 0 Å². The molecule has 2 aliphatic heterocycles. The van der Waals surface area contributed by atoms with E-state index in [0.717, 1.165) is 12.0 Å². The van der Waals surface area contributed by atoms with Gasteiger partial charge in [0.15, 0.2) is 0 Å². The minimum atomic E-state index is 0.493. The summed E-state index contributed by atoms with van der Waals surface area (Å²) in [6.07, 6.45) is 9.13. The minimum Gasteiger partial charge on any atom is -0.374 e. The SMILES string of the molecule is CC1CCC(CN2CCCC(CNC3CC3)C2)O1. The van der Waals surface area contributed by atoms with E-state index in [0.29, 0.717) is 12.2 Å². The molecule has 3 heteroatoms. The molecule has 0 radical (unpaired) electrons. The molecular weight excluding hydrogens is 224 g/mol. The maximum Gasteiger partial charge on any atom is 0.0706 e. The van der Waals surface area contributed by atoms with Crippen molar-refractivity contribution >= 4 is 0 Å². The van der Waals surface area contributed by atoms with Gasteiger partial charge in [0.2, 0.25) is 0 Å². The van der Waals surface area contributed by atoms with E-state index in [-0.39, 0.29) is 0 Å². The second kappa shape index (κ2) is 5.89. The molecule has 3 nitrogen and oxygen atoms in total. The van der Waals surface area contributed by atoms with Gasteiger partial charge in [0.25, 0.3) is 0 Å². The molecule has 3 rings (SSSR count). The highest BCUT2D eigenvalue weighted by Gasteiger charge is 2.28. The molecule has 1 saturated carbocycles. The van der Waals surface area contributed by atoms with Crippen LogP contribution in [0.3, 0.4) is 0 Å². The summed E-state index contributed by atoms with van der Waals surface area (Å²) in [5.41, 5.74) is 0. The third kappa shape index (κ3) is 3.69. The van der Waals surface area contributed by atoms with Crippen molar-refractivity contribution in [1.82, 2.24) is 10.2 Å². The summed E-state index contributed by atoms with van der Waals surface area (Å²) in [5, 5.41) is 3.69. The van der Waals surface area contributed by atoms with Crippen LogP contribution in [0.2, 0.25) is 0 Å². The van der Waals surface area contributed by atoms with E-state index >= 15 is 0 Å². The quantitative estimate of drug-likeness (QED) is 0.810. The Bertz CT molecular complexity index is 267. The van der Waals surface area contributed by atoms with E-state index in [1.54, 1.807) is 0 Å². The van der Waals surface area contributed by atoms with Crippen molar-refractivity contribution in [2.24, 2.45) is 5.92 Å². The van der Waals surface area contributed by atoms with Gasteiger partial charge in [0.05, 0.1) is 12.2 Å². The molecule has 0 aromatic heterocycles. The van der Waals surface area contributed by atoms with Crippen LogP contribution in [0.5, 0.6) is 0 Å². The second-order valence-corrected chi connectivity index (χ2v) is 6.60. The van der Waals surface area contributed by atoms with Crippen molar-refractivity contribution in [3.63, 3.8) is 0 Å². The van der Waals surface area contributed by atoms with Crippen LogP contribution < -0.4 is 5.32 Å². The first-order valence-corrected chi connectivity index (χ1v) is 7.91. The van der Waals surface area contributed by atoms with Crippen LogP contribution in [0.15, 0.2) is 0 Å². The maximum absolute atomic E-state index is 5.95. The van der Waals surface area contributed by atoms with E-state index in [9.17, 15) is 0 Å². The first-order valence-electron chi connectivity index (χ1n) is 7.91. The molecule has 104 valence electrons.